The first-order valence-corrected chi connectivity index (χ1v) is 5.89. The topological polar surface area (TPSA) is 81.9 Å². The minimum atomic E-state index is -1.04. The van der Waals surface area contributed by atoms with Crippen molar-refractivity contribution in [2.75, 3.05) is 0 Å². The molecule has 0 unspecified atom stereocenters. The molecule has 0 aliphatic heterocycles. The van der Waals surface area contributed by atoms with Crippen LogP contribution in [0.15, 0.2) is 66.0 Å². The van der Waals surface area contributed by atoms with Gasteiger partial charge >= 0.3 is 5.97 Å². The van der Waals surface area contributed by atoms with Gasteiger partial charge in [-0.2, -0.15) is 0 Å². The fourth-order valence-corrected chi connectivity index (χ4v) is 1.37. The second-order valence-electron chi connectivity index (χ2n) is 3.80. The van der Waals surface area contributed by atoms with Crippen LogP contribution >= 0.6 is 0 Å². The van der Waals surface area contributed by atoms with Crippen molar-refractivity contribution in [1.82, 2.24) is 5.32 Å². The molecule has 0 amide bonds. The van der Waals surface area contributed by atoms with Crippen molar-refractivity contribution < 1.29 is 15.0 Å². The molecule has 0 heterocycles. The minimum absolute atomic E-state index is 0.190. The molecule has 0 bridgehead atoms. The normalized spacial score (nSPS) is 11.9. The monoisotopic (exact) mass is 272 g/mol. The zero-order valence-corrected chi connectivity index (χ0v) is 10.9. The number of phenols is 1. The van der Waals surface area contributed by atoms with Crippen molar-refractivity contribution in [3.8, 4) is 5.75 Å². The van der Waals surface area contributed by atoms with E-state index in [0.29, 0.717) is 12.2 Å². The molecule has 0 saturated carbocycles. The molecule has 1 rings (SSSR count). The van der Waals surface area contributed by atoms with Crippen molar-refractivity contribution in [1.29, 1.82) is 0 Å². The van der Waals surface area contributed by atoms with Gasteiger partial charge < -0.3 is 15.5 Å². The number of rotatable bonds is 7. The summed E-state index contributed by atoms with van der Waals surface area (Å²) in [5.41, 5.74) is 1.37. The van der Waals surface area contributed by atoms with E-state index < -0.39 is 5.97 Å². The second kappa shape index (κ2) is 8.31. The van der Waals surface area contributed by atoms with Crippen molar-refractivity contribution in [2.24, 2.45) is 4.99 Å². The van der Waals surface area contributed by atoms with E-state index in [9.17, 15) is 9.90 Å². The molecule has 104 valence electrons. The van der Waals surface area contributed by atoms with E-state index in [0.717, 1.165) is 11.6 Å². The molecular formula is C15H16N2O3. The lowest BCUT2D eigenvalue weighted by Gasteiger charge is -2.06. The zero-order chi connectivity index (χ0) is 14.8. The first-order valence-electron chi connectivity index (χ1n) is 5.89. The molecule has 1 aromatic rings. The van der Waals surface area contributed by atoms with E-state index in [1.807, 2.05) is 0 Å². The van der Waals surface area contributed by atoms with Crippen molar-refractivity contribution in [3.05, 3.63) is 66.5 Å². The SMILES string of the molecule is C=CN=C/C=C\C(=C\C(=O)O)NCc1ccc(O)cc1. The van der Waals surface area contributed by atoms with Gasteiger partial charge in [0.1, 0.15) is 5.75 Å². The molecule has 5 heteroatoms. The second-order valence-corrected chi connectivity index (χ2v) is 3.80. The van der Waals surface area contributed by atoms with Crippen molar-refractivity contribution in [2.45, 2.75) is 6.54 Å². The number of hydrogen-bond donors (Lipinski definition) is 3. The Kier molecular flexibility index (Phi) is 6.33. The van der Waals surface area contributed by atoms with Gasteiger partial charge in [-0.05, 0) is 29.8 Å². The molecule has 5 nitrogen and oxygen atoms in total. The highest BCUT2D eigenvalue weighted by atomic mass is 16.4. The van der Waals surface area contributed by atoms with Crippen LogP contribution in [0, 0.1) is 0 Å². The van der Waals surface area contributed by atoms with Crippen LogP contribution in [0.25, 0.3) is 0 Å². The summed E-state index contributed by atoms with van der Waals surface area (Å²) < 4.78 is 0. The predicted octanol–water partition coefficient (Wildman–Crippen LogP) is 2.22. The van der Waals surface area contributed by atoms with Gasteiger partial charge in [0.15, 0.2) is 0 Å². The number of aromatic hydroxyl groups is 1. The van der Waals surface area contributed by atoms with E-state index in [-0.39, 0.29) is 5.75 Å². The molecule has 0 saturated heterocycles. The van der Waals surface area contributed by atoms with Crippen LogP contribution < -0.4 is 5.32 Å². The van der Waals surface area contributed by atoms with Crippen LogP contribution in [0.1, 0.15) is 5.56 Å². The third-order valence-corrected chi connectivity index (χ3v) is 2.27. The van der Waals surface area contributed by atoms with Gasteiger partial charge in [0.2, 0.25) is 0 Å². The number of phenolic OH excluding ortho intramolecular Hbond substituents is 1. The average Bonchev–Trinajstić information content (AvgIpc) is 2.42. The maximum atomic E-state index is 10.7. The number of carbonyl (C=O) groups is 1. The number of carboxylic acid groups (broad SMARTS) is 1. The van der Waals surface area contributed by atoms with Crippen LogP contribution in [0.3, 0.4) is 0 Å². The summed E-state index contributed by atoms with van der Waals surface area (Å²) in [5.74, 6) is -0.848. The molecule has 3 N–H and O–H groups in total. The van der Waals surface area contributed by atoms with Gasteiger partial charge in [0.25, 0.3) is 0 Å². The highest BCUT2D eigenvalue weighted by molar-refractivity contribution is 5.81. The van der Waals surface area contributed by atoms with Crippen LogP contribution in [-0.4, -0.2) is 22.4 Å². The molecule has 0 aromatic heterocycles. The number of nitrogens with zero attached hydrogens (tertiary/aromatic N) is 1. The Labute approximate surface area is 117 Å². The average molecular weight is 272 g/mol. The summed E-state index contributed by atoms with van der Waals surface area (Å²) in [6.45, 7) is 3.88. The number of aliphatic carboxylic acids is 1. The van der Waals surface area contributed by atoms with Gasteiger partial charge in [-0.15, -0.1) is 0 Å². The standard InChI is InChI=1S/C15H16N2O3/c1-2-16-9-3-4-13(10-15(19)20)17-11-12-5-7-14(18)8-6-12/h2-10,17-18H,1,11H2,(H,19,20)/b4-3-,13-10-,16-9?. The maximum absolute atomic E-state index is 10.7. The van der Waals surface area contributed by atoms with E-state index >= 15 is 0 Å². The maximum Gasteiger partial charge on any atom is 0.330 e. The molecule has 0 atom stereocenters. The summed E-state index contributed by atoms with van der Waals surface area (Å²) >= 11 is 0. The summed E-state index contributed by atoms with van der Waals surface area (Å²) in [7, 11) is 0. The largest absolute Gasteiger partial charge is 0.508 e. The van der Waals surface area contributed by atoms with E-state index in [2.05, 4.69) is 16.9 Å². The highest BCUT2D eigenvalue weighted by Crippen LogP contribution is 2.09. The number of nitrogens with one attached hydrogen (secondary N) is 1. The van der Waals surface area contributed by atoms with Gasteiger partial charge in [0, 0.05) is 30.7 Å². The fourth-order valence-electron chi connectivity index (χ4n) is 1.37. The fraction of sp³-hybridized carbons (Fsp3) is 0.0667. The van der Waals surface area contributed by atoms with Crippen LogP contribution in [0.2, 0.25) is 0 Å². The van der Waals surface area contributed by atoms with E-state index in [4.69, 9.17) is 5.11 Å². The molecular weight excluding hydrogens is 256 g/mol. The molecule has 0 spiro atoms. The predicted molar refractivity (Wildman–Crippen MR) is 78.5 cm³/mol. The molecule has 0 aliphatic rings. The van der Waals surface area contributed by atoms with Crippen LogP contribution in [0.4, 0.5) is 0 Å². The van der Waals surface area contributed by atoms with Crippen LogP contribution in [0.5, 0.6) is 5.75 Å². The lowest BCUT2D eigenvalue weighted by atomic mass is 10.2. The Morgan fingerprint density at radius 1 is 1.35 bits per heavy atom. The summed E-state index contributed by atoms with van der Waals surface area (Å²) in [4.78, 5) is 14.5. The highest BCUT2D eigenvalue weighted by Gasteiger charge is 1.98. The Morgan fingerprint density at radius 3 is 2.65 bits per heavy atom. The number of aliphatic imine (C=N–C) groups is 1. The Hall–Kier alpha value is -2.82. The summed E-state index contributed by atoms with van der Waals surface area (Å²) in [6, 6.07) is 6.65. The Morgan fingerprint density at radius 2 is 2.05 bits per heavy atom. The molecule has 20 heavy (non-hydrogen) atoms. The smallest absolute Gasteiger partial charge is 0.330 e. The van der Waals surface area contributed by atoms with Gasteiger partial charge in [-0.3, -0.25) is 4.99 Å². The molecule has 0 aliphatic carbocycles. The molecule has 1 aromatic carbocycles. The Balaban J connectivity index is 2.68. The number of carboxylic acids is 1. The molecule has 0 fully saturated rings. The minimum Gasteiger partial charge on any atom is -0.508 e. The third-order valence-electron chi connectivity index (χ3n) is 2.27. The first-order chi connectivity index (χ1) is 9.61. The van der Waals surface area contributed by atoms with Gasteiger partial charge in [-0.25, -0.2) is 4.79 Å². The quantitative estimate of drug-likeness (QED) is 0.404. The van der Waals surface area contributed by atoms with Crippen LogP contribution in [-0.2, 0) is 11.3 Å². The van der Waals surface area contributed by atoms with Gasteiger partial charge in [0.05, 0.1) is 0 Å². The number of benzene rings is 1. The number of allylic oxidation sites excluding steroid dienone is 2. The van der Waals surface area contributed by atoms with E-state index in [1.54, 1.807) is 36.4 Å². The van der Waals surface area contributed by atoms with E-state index in [1.165, 1.54) is 12.4 Å². The summed E-state index contributed by atoms with van der Waals surface area (Å²) in [6.07, 6.45) is 7.17. The third kappa shape index (κ3) is 6.20. The lowest BCUT2D eigenvalue weighted by molar-refractivity contribution is -0.131. The first kappa shape index (κ1) is 15.2. The zero-order valence-electron chi connectivity index (χ0n) is 10.9. The summed E-state index contributed by atoms with van der Waals surface area (Å²) in [5, 5.41) is 21.0. The van der Waals surface area contributed by atoms with Crippen molar-refractivity contribution >= 4 is 12.2 Å². The molecule has 0 radical (unpaired) electrons. The lowest BCUT2D eigenvalue weighted by Crippen LogP contribution is -2.12. The Bertz CT molecular complexity index is 543. The van der Waals surface area contributed by atoms with Gasteiger partial charge in [-0.1, -0.05) is 18.7 Å². The van der Waals surface area contributed by atoms with Crippen molar-refractivity contribution in [3.63, 3.8) is 0 Å². The number of hydrogen-bond acceptors (Lipinski definition) is 4.